The van der Waals surface area contributed by atoms with Crippen molar-refractivity contribution in [1.29, 1.82) is 0 Å². The van der Waals surface area contributed by atoms with E-state index in [9.17, 15) is 9.18 Å². The fourth-order valence-electron chi connectivity index (χ4n) is 2.08. The standard InChI is InChI=1S/C15H14BrFN2O/c1-8-6-10(18)7-9(2)14(8)19-15(20)13-11(16)4-3-5-12(13)17/h3-7H,18H2,1-2H3,(H,19,20). The first kappa shape index (κ1) is 14.5. The van der Waals surface area contributed by atoms with Crippen LogP contribution in [0.4, 0.5) is 15.8 Å². The summed E-state index contributed by atoms with van der Waals surface area (Å²) in [5.41, 5.74) is 8.68. The minimum atomic E-state index is -0.567. The van der Waals surface area contributed by atoms with Gasteiger partial charge in [0, 0.05) is 15.8 Å². The van der Waals surface area contributed by atoms with Gasteiger partial charge in [-0.05, 0) is 65.2 Å². The third kappa shape index (κ3) is 2.82. The number of rotatable bonds is 2. The molecule has 5 heteroatoms. The van der Waals surface area contributed by atoms with Gasteiger partial charge >= 0.3 is 0 Å². The lowest BCUT2D eigenvalue weighted by molar-refractivity contribution is 0.102. The van der Waals surface area contributed by atoms with Crippen LogP contribution >= 0.6 is 15.9 Å². The lowest BCUT2D eigenvalue weighted by Gasteiger charge is -2.13. The summed E-state index contributed by atoms with van der Waals surface area (Å²) < 4.78 is 14.2. The van der Waals surface area contributed by atoms with E-state index in [2.05, 4.69) is 21.2 Å². The number of nitrogens with one attached hydrogen (secondary N) is 1. The normalized spacial score (nSPS) is 10.4. The van der Waals surface area contributed by atoms with Crippen molar-refractivity contribution in [2.45, 2.75) is 13.8 Å². The van der Waals surface area contributed by atoms with Crippen LogP contribution in [0.25, 0.3) is 0 Å². The number of aryl methyl sites for hydroxylation is 2. The van der Waals surface area contributed by atoms with Crippen molar-refractivity contribution in [3.63, 3.8) is 0 Å². The fourth-order valence-corrected chi connectivity index (χ4v) is 2.61. The highest BCUT2D eigenvalue weighted by Gasteiger charge is 2.17. The highest BCUT2D eigenvalue weighted by molar-refractivity contribution is 9.10. The number of nitrogens with two attached hydrogens (primary N) is 1. The summed E-state index contributed by atoms with van der Waals surface area (Å²) in [6, 6.07) is 7.94. The molecular formula is C15H14BrFN2O. The van der Waals surface area contributed by atoms with Gasteiger partial charge in [-0.25, -0.2) is 4.39 Å². The van der Waals surface area contributed by atoms with E-state index in [0.29, 0.717) is 15.8 Å². The van der Waals surface area contributed by atoms with E-state index in [1.807, 2.05) is 13.8 Å². The Morgan fingerprint density at radius 1 is 1.25 bits per heavy atom. The highest BCUT2D eigenvalue weighted by atomic mass is 79.9. The number of benzene rings is 2. The SMILES string of the molecule is Cc1cc(N)cc(C)c1NC(=O)c1c(F)cccc1Br. The molecule has 3 N–H and O–H groups in total. The number of hydrogen-bond donors (Lipinski definition) is 2. The molecule has 0 atom stereocenters. The molecule has 0 saturated heterocycles. The third-order valence-electron chi connectivity index (χ3n) is 2.98. The second-order valence-corrected chi connectivity index (χ2v) is 5.43. The van der Waals surface area contributed by atoms with Crippen molar-refractivity contribution in [2.24, 2.45) is 0 Å². The minimum absolute atomic E-state index is 0.0110. The van der Waals surface area contributed by atoms with E-state index in [0.717, 1.165) is 11.1 Å². The predicted molar refractivity (Wildman–Crippen MR) is 82.4 cm³/mol. The average Bonchev–Trinajstić information content (AvgIpc) is 2.33. The molecule has 2 aromatic carbocycles. The van der Waals surface area contributed by atoms with Crippen molar-refractivity contribution in [1.82, 2.24) is 0 Å². The molecule has 0 heterocycles. The van der Waals surface area contributed by atoms with Gasteiger partial charge in [0.15, 0.2) is 0 Å². The van der Waals surface area contributed by atoms with E-state index in [4.69, 9.17) is 5.73 Å². The molecule has 20 heavy (non-hydrogen) atoms. The van der Waals surface area contributed by atoms with Gasteiger partial charge in [-0.1, -0.05) is 6.07 Å². The molecule has 0 radical (unpaired) electrons. The monoisotopic (exact) mass is 336 g/mol. The van der Waals surface area contributed by atoms with Gasteiger partial charge in [-0.2, -0.15) is 0 Å². The minimum Gasteiger partial charge on any atom is -0.399 e. The topological polar surface area (TPSA) is 55.1 Å². The van der Waals surface area contributed by atoms with E-state index in [-0.39, 0.29) is 5.56 Å². The highest BCUT2D eigenvalue weighted by Crippen LogP contribution is 2.26. The first-order valence-electron chi connectivity index (χ1n) is 6.02. The molecule has 2 rings (SSSR count). The molecule has 0 spiro atoms. The number of anilines is 2. The van der Waals surface area contributed by atoms with Gasteiger partial charge in [-0.3, -0.25) is 4.79 Å². The maximum atomic E-state index is 13.8. The van der Waals surface area contributed by atoms with Gasteiger partial charge in [-0.15, -0.1) is 0 Å². The summed E-state index contributed by atoms with van der Waals surface area (Å²) in [6.07, 6.45) is 0. The average molecular weight is 337 g/mol. The fraction of sp³-hybridized carbons (Fsp3) is 0.133. The maximum Gasteiger partial charge on any atom is 0.259 e. The summed E-state index contributed by atoms with van der Waals surface area (Å²) in [7, 11) is 0. The van der Waals surface area contributed by atoms with E-state index in [1.54, 1.807) is 18.2 Å². The number of halogens is 2. The van der Waals surface area contributed by atoms with Gasteiger partial charge in [0.25, 0.3) is 5.91 Å². The molecular weight excluding hydrogens is 323 g/mol. The molecule has 3 nitrogen and oxygen atoms in total. The van der Waals surface area contributed by atoms with Crippen LogP contribution in [0.5, 0.6) is 0 Å². The van der Waals surface area contributed by atoms with Crippen LogP contribution in [0.3, 0.4) is 0 Å². The van der Waals surface area contributed by atoms with Crippen LogP contribution < -0.4 is 11.1 Å². The van der Waals surface area contributed by atoms with Crippen LogP contribution in [0, 0.1) is 19.7 Å². The predicted octanol–water partition coefficient (Wildman–Crippen LogP) is 4.04. The van der Waals surface area contributed by atoms with Crippen LogP contribution in [0.2, 0.25) is 0 Å². The van der Waals surface area contributed by atoms with Crippen molar-refractivity contribution in [3.05, 3.63) is 57.3 Å². The van der Waals surface area contributed by atoms with Gasteiger partial charge in [0.1, 0.15) is 5.82 Å². The lowest BCUT2D eigenvalue weighted by atomic mass is 10.1. The van der Waals surface area contributed by atoms with Crippen molar-refractivity contribution in [2.75, 3.05) is 11.1 Å². The zero-order valence-electron chi connectivity index (χ0n) is 11.1. The molecule has 0 unspecified atom stereocenters. The summed E-state index contributed by atoms with van der Waals surface area (Å²) >= 11 is 3.19. The molecule has 0 bridgehead atoms. The molecule has 0 aliphatic heterocycles. The quantitative estimate of drug-likeness (QED) is 0.813. The Morgan fingerprint density at radius 2 is 1.85 bits per heavy atom. The van der Waals surface area contributed by atoms with Crippen molar-refractivity contribution >= 4 is 33.2 Å². The van der Waals surface area contributed by atoms with Crippen LogP contribution in [-0.4, -0.2) is 5.91 Å². The Morgan fingerprint density at radius 3 is 2.40 bits per heavy atom. The largest absolute Gasteiger partial charge is 0.399 e. The number of carbonyl (C=O) groups is 1. The van der Waals surface area contributed by atoms with Crippen LogP contribution in [0.15, 0.2) is 34.8 Å². The molecule has 0 aliphatic rings. The van der Waals surface area contributed by atoms with Crippen molar-refractivity contribution in [3.8, 4) is 0 Å². The Balaban J connectivity index is 2.38. The smallest absolute Gasteiger partial charge is 0.259 e. The maximum absolute atomic E-state index is 13.8. The molecule has 104 valence electrons. The molecule has 0 saturated carbocycles. The molecule has 0 aromatic heterocycles. The lowest BCUT2D eigenvalue weighted by Crippen LogP contribution is -2.16. The van der Waals surface area contributed by atoms with E-state index < -0.39 is 11.7 Å². The zero-order valence-corrected chi connectivity index (χ0v) is 12.7. The second kappa shape index (κ2) is 5.63. The molecule has 2 aromatic rings. The van der Waals surface area contributed by atoms with E-state index >= 15 is 0 Å². The number of amides is 1. The summed E-state index contributed by atoms with van der Waals surface area (Å²) in [5.74, 6) is -1.06. The summed E-state index contributed by atoms with van der Waals surface area (Å²) in [4.78, 5) is 12.2. The van der Waals surface area contributed by atoms with E-state index in [1.165, 1.54) is 12.1 Å². The van der Waals surface area contributed by atoms with Crippen molar-refractivity contribution < 1.29 is 9.18 Å². The summed E-state index contributed by atoms with van der Waals surface area (Å²) in [6.45, 7) is 3.69. The van der Waals surface area contributed by atoms with Gasteiger partial charge in [0.05, 0.1) is 5.56 Å². The first-order chi connectivity index (χ1) is 9.40. The molecule has 0 aliphatic carbocycles. The second-order valence-electron chi connectivity index (χ2n) is 4.58. The number of carbonyl (C=O) groups excluding carboxylic acids is 1. The van der Waals surface area contributed by atoms with Crippen LogP contribution in [0.1, 0.15) is 21.5 Å². The third-order valence-corrected chi connectivity index (χ3v) is 3.64. The first-order valence-corrected chi connectivity index (χ1v) is 6.81. The van der Waals surface area contributed by atoms with Gasteiger partial charge in [0.2, 0.25) is 0 Å². The molecule has 0 fully saturated rings. The summed E-state index contributed by atoms with van der Waals surface area (Å²) in [5, 5.41) is 2.74. The Bertz CT molecular complexity index is 642. The van der Waals surface area contributed by atoms with Crippen LogP contribution in [-0.2, 0) is 0 Å². The number of nitrogen functional groups attached to an aromatic ring is 1. The Hall–Kier alpha value is -1.88. The number of hydrogen-bond acceptors (Lipinski definition) is 2. The molecule has 1 amide bonds. The zero-order chi connectivity index (χ0) is 14.9. The Kier molecular flexibility index (Phi) is 4.09. The van der Waals surface area contributed by atoms with Gasteiger partial charge < -0.3 is 11.1 Å². The Labute approximate surface area is 125 Å².